The van der Waals surface area contributed by atoms with Crippen molar-refractivity contribution < 1.29 is 23.9 Å². The van der Waals surface area contributed by atoms with Gasteiger partial charge in [0.25, 0.3) is 0 Å². The highest BCUT2D eigenvalue weighted by molar-refractivity contribution is 6.73. The molecule has 3 saturated carbocycles. The Bertz CT molecular complexity index is 976. The van der Waals surface area contributed by atoms with Gasteiger partial charge < -0.3 is 14.3 Å². The molecule has 10 atom stereocenters. The number of carbonyl (C=O) groups is 2. The van der Waals surface area contributed by atoms with Crippen LogP contribution in [0, 0.1) is 46.3 Å². The SMILES string of the molecule is CC[C@H]1C2=CC(=O)CC[C@]2(C)C2C(O[Si](CC)(CC)CC)C[C@@]3(C)C(CC[C@@H]3[C@H](C)/C=C/C(=O)OC)C2[C@@H]1O. The molecule has 0 aromatic carbocycles. The van der Waals surface area contributed by atoms with Crippen LogP contribution >= 0.6 is 0 Å². The number of allylic oxidation sites excluding steroid dienone is 1. The Morgan fingerprint density at radius 2 is 1.85 bits per heavy atom. The van der Waals surface area contributed by atoms with Crippen LogP contribution in [0.2, 0.25) is 18.1 Å². The molecule has 0 aromatic rings. The molecule has 3 fully saturated rings. The minimum Gasteiger partial charge on any atom is -0.466 e. The maximum absolute atomic E-state index is 12.7. The first-order valence-corrected chi connectivity index (χ1v) is 18.3. The van der Waals surface area contributed by atoms with Crippen molar-refractivity contribution >= 4 is 20.1 Å². The molecule has 4 rings (SSSR count). The van der Waals surface area contributed by atoms with Crippen LogP contribution in [0.3, 0.4) is 0 Å². The van der Waals surface area contributed by atoms with Gasteiger partial charge in [-0.3, -0.25) is 4.79 Å². The third-order valence-electron chi connectivity index (χ3n) is 12.4. The molecule has 0 bridgehead atoms. The number of aliphatic hydroxyl groups is 1. The van der Waals surface area contributed by atoms with Crippen molar-refractivity contribution in [2.45, 2.75) is 117 Å². The minimum absolute atomic E-state index is 0.0163. The maximum Gasteiger partial charge on any atom is 0.330 e. The Morgan fingerprint density at radius 1 is 1.18 bits per heavy atom. The number of carbonyl (C=O) groups excluding carboxylic acids is 2. The van der Waals surface area contributed by atoms with Crippen LogP contribution in [-0.4, -0.2) is 44.5 Å². The summed E-state index contributed by atoms with van der Waals surface area (Å²) in [6.07, 6.45) is 10.7. The lowest BCUT2D eigenvalue weighted by Crippen LogP contribution is -2.64. The number of ketones is 1. The quantitative estimate of drug-likeness (QED) is 0.185. The van der Waals surface area contributed by atoms with Crippen molar-refractivity contribution in [2.75, 3.05) is 7.11 Å². The van der Waals surface area contributed by atoms with E-state index in [0.29, 0.717) is 18.3 Å². The molecule has 0 heterocycles. The van der Waals surface area contributed by atoms with E-state index in [1.54, 1.807) is 6.08 Å². The van der Waals surface area contributed by atoms with Crippen LogP contribution in [0.5, 0.6) is 0 Å². The molecule has 0 saturated heterocycles. The van der Waals surface area contributed by atoms with Crippen LogP contribution in [-0.2, 0) is 18.8 Å². The number of hydrogen-bond acceptors (Lipinski definition) is 5. The summed E-state index contributed by atoms with van der Waals surface area (Å²) in [5.74, 6) is 1.40. The second-order valence-electron chi connectivity index (χ2n) is 13.7. The molecule has 39 heavy (non-hydrogen) atoms. The van der Waals surface area contributed by atoms with Gasteiger partial charge in [-0.05, 0) is 96.7 Å². The normalized spacial score (nSPS) is 41.0. The summed E-state index contributed by atoms with van der Waals surface area (Å²) in [4.78, 5) is 24.6. The summed E-state index contributed by atoms with van der Waals surface area (Å²) in [5.41, 5.74) is 1.10. The Morgan fingerprint density at radius 3 is 2.44 bits per heavy atom. The van der Waals surface area contributed by atoms with Gasteiger partial charge in [-0.2, -0.15) is 0 Å². The van der Waals surface area contributed by atoms with Gasteiger partial charge in [-0.1, -0.05) is 60.1 Å². The van der Waals surface area contributed by atoms with Crippen molar-refractivity contribution in [1.82, 2.24) is 0 Å². The fourth-order valence-corrected chi connectivity index (χ4v) is 12.9. The van der Waals surface area contributed by atoms with E-state index in [1.165, 1.54) is 12.7 Å². The second kappa shape index (κ2) is 11.6. The van der Waals surface area contributed by atoms with Crippen LogP contribution in [0.1, 0.15) is 87.0 Å². The molecule has 220 valence electrons. The van der Waals surface area contributed by atoms with Crippen LogP contribution in [0.15, 0.2) is 23.8 Å². The molecule has 0 aliphatic heterocycles. The van der Waals surface area contributed by atoms with Crippen molar-refractivity contribution in [3.8, 4) is 0 Å². The van der Waals surface area contributed by atoms with Crippen LogP contribution < -0.4 is 0 Å². The zero-order valence-corrected chi connectivity index (χ0v) is 26.8. The lowest BCUT2D eigenvalue weighted by molar-refractivity contribution is -0.175. The van der Waals surface area contributed by atoms with Gasteiger partial charge in [0.1, 0.15) is 0 Å². The van der Waals surface area contributed by atoms with E-state index in [9.17, 15) is 14.7 Å². The maximum atomic E-state index is 12.7. The summed E-state index contributed by atoms with van der Waals surface area (Å²) in [5, 5.41) is 12.2. The molecule has 6 heteroatoms. The largest absolute Gasteiger partial charge is 0.466 e. The van der Waals surface area contributed by atoms with E-state index in [2.05, 4.69) is 48.5 Å². The third kappa shape index (κ3) is 5.05. The molecule has 4 aliphatic carbocycles. The predicted octanol–water partition coefficient (Wildman–Crippen LogP) is 7.11. The molecule has 0 spiro atoms. The van der Waals surface area contributed by atoms with Gasteiger partial charge in [0.15, 0.2) is 14.1 Å². The lowest BCUT2D eigenvalue weighted by Gasteiger charge is -2.64. The summed E-state index contributed by atoms with van der Waals surface area (Å²) in [6, 6.07) is 3.31. The van der Waals surface area contributed by atoms with Crippen molar-refractivity contribution in [3.63, 3.8) is 0 Å². The zero-order chi connectivity index (χ0) is 28.8. The molecule has 0 amide bonds. The van der Waals surface area contributed by atoms with Gasteiger partial charge in [0.05, 0.1) is 13.2 Å². The highest BCUT2D eigenvalue weighted by Gasteiger charge is 2.66. The molecule has 4 aliphatic rings. The third-order valence-corrected chi connectivity index (χ3v) is 17.0. The number of esters is 1. The van der Waals surface area contributed by atoms with E-state index in [1.807, 2.05) is 12.2 Å². The highest BCUT2D eigenvalue weighted by atomic mass is 28.4. The standard InChI is InChI=1S/C33H54O5Si/c1-9-23-26-19-22(34)17-18-32(26,6)30-27(38-39(10-2,11-3)12-4)20-33(7)24(21(5)13-16-28(35)37-8)14-15-25(33)29(30)31(23)36/h13,16,19,21,23-25,27,29-31,36H,9-12,14-15,17-18,20H2,1-8H3/b16-13+/t21-,23+,24-,25?,27?,29?,30?,31-,32+,33-/m1/s1. The molecule has 5 nitrogen and oxygen atoms in total. The van der Waals surface area contributed by atoms with Crippen molar-refractivity contribution in [3.05, 3.63) is 23.8 Å². The molecule has 0 radical (unpaired) electrons. The van der Waals surface area contributed by atoms with Gasteiger partial charge in [-0.15, -0.1) is 0 Å². The van der Waals surface area contributed by atoms with E-state index < -0.39 is 14.4 Å². The topological polar surface area (TPSA) is 72.8 Å². The highest BCUT2D eigenvalue weighted by Crippen LogP contribution is 2.69. The van der Waals surface area contributed by atoms with E-state index in [0.717, 1.165) is 50.2 Å². The van der Waals surface area contributed by atoms with Crippen molar-refractivity contribution in [2.24, 2.45) is 46.3 Å². The number of ether oxygens (including phenoxy) is 1. The van der Waals surface area contributed by atoms with E-state index in [-0.39, 0.29) is 52.4 Å². The lowest BCUT2D eigenvalue weighted by atomic mass is 9.43. The first-order chi connectivity index (χ1) is 18.4. The number of fused-ring (bicyclic) bond motifs is 5. The monoisotopic (exact) mass is 558 g/mol. The zero-order valence-electron chi connectivity index (χ0n) is 25.8. The average molecular weight is 559 g/mol. The molecular weight excluding hydrogens is 504 g/mol. The number of aliphatic hydroxyl groups excluding tert-OH is 1. The Hall–Kier alpha value is -1.24. The number of rotatable bonds is 9. The van der Waals surface area contributed by atoms with Crippen molar-refractivity contribution in [1.29, 1.82) is 0 Å². The van der Waals surface area contributed by atoms with Gasteiger partial charge in [-0.25, -0.2) is 4.79 Å². The molecule has 1 N–H and O–H groups in total. The van der Waals surface area contributed by atoms with Gasteiger partial charge >= 0.3 is 5.97 Å². The fraction of sp³-hybridized carbons (Fsp3) is 0.818. The Balaban J connectivity index is 1.83. The Labute approximate surface area is 238 Å². The summed E-state index contributed by atoms with van der Waals surface area (Å²) in [7, 11) is -0.510. The van der Waals surface area contributed by atoms with Crippen LogP contribution in [0.4, 0.5) is 0 Å². The van der Waals surface area contributed by atoms with Gasteiger partial charge in [0.2, 0.25) is 0 Å². The number of methoxy groups -OCH3 is 1. The summed E-state index contributed by atoms with van der Waals surface area (Å²) in [6.45, 7) is 16.2. The van der Waals surface area contributed by atoms with E-state index >= 15 is 0 Å². The van der Waals surface area contributed by atoms with Crippen LogP contribution in [0.25, 0.3) is 0 Å². The number of hydrogen-bond donors (Lipinski definition) is 1. The Kier molecular flexibility index (Phi) is 9.10. The fourth-order valence-electron chi connectivity index (χ4n) is 10.0. The van der Waals surface area contributed by atoms with E-state index in [4.69, 9.17) is 9.16 Å². The average Bonchev–Trinajstić information content (AvgIpc) is 3.27. The summed E-state index contributed by atoms with van der Waals surface area (Å²) >= 11 is 0. The predicted molar refractivity (Wildman–Crippen MR) is 159 cm³/mol. The first-order valence-electron chi connectivity index (χ1n) is 15.8. The molecule has 0 aromatic heterocycles. The minimum atomic E-state index is -1.94. The first kappa shape index (κ1) is 30.7. The molecular formula is C33H54O5Si. The molecule has 4 unspecified atom stereocenters. The summed E-state index contributed by atoms with van der Waals surface area (Å²) < 4.78 is 12.4. The second-order valence-corrected chi connectivity index (χ2v) is 18.5. The van der Waals surface area contributed by atoms with Gasteiger partial charge in [0, 0.05) is 24.5 Å². The smallest absolute Gasteiger partial charge is 0.330 e.